The lowest BCUT2D eigenvalue weighted by Crippen LogP contribution is -2.35. The van der Waals surface area contributed by atoms with Gasteiger partial charge in [0.2, 0.25) is 0 Å². The molecule has 0 radical (unpaired) electrons. The lowest BCUT2D eigenvalue weighted by molar-refractivity contribution is -0.128. The van der Waals surface area contributed by atoms with Gasteiger partial charge in [0, 0.05) is 23.3 Å². The van der Waals surface area contributed by atoms with Crippen molar-refractivity contribution >= 4 is 17.1 Å². The number of hydrogen-bond donors (Lipinski definition) is 0. The molecule has 6 aliphatic rings. The fourth-order valence-electron chi connectivity index (χ4n) is 9.79. The van der Waals surface area contributed by atoms with Crippen LogP contribution >= 0.6 is 0 Å². The van der Waals surface area contributed by atoms with Crippen molar-refractivity contribution in [3.63, 3.8) is 0 Å². The van der Waals surface area contributed by atoms with E-state index in [0.29, 0.717) is 17.6 Å². The first kappa shape index (κ1) is 32.9. The summed E-state index contributed by atoms with van der Waals surface area (Å²) in [7, 11) is 0. The van der Waals surface area contributed by atoms with Crippen molar-refractivity contribution < 1.29 is 9.59 Å². The van der Waals surface area contributed by atoms with Gasteiger partial charge >= 0.3 is 0 Å². The topological polar surface area (TPSA) is 34.1 Å². The summed E-state index contributed by atoms with van der Waals surface area (Å²) in [5.41, 5.74) is 15.2. The molecule has 0 amide bonds. The number of ketones is 2. The maximum atomic E-state index is 12.0. The van der Waals surface area contributed by atoms with Crippen molar-refractivity contribution in [3.05, 3.63) is 98.7 Å². The second kappa shape index (κ2) is 14.8. The van der Waals surface area contributed by atoms with Crippen LogP contribution in [0.1, 0.15) is 144 Å². The minimum Gasteiger partial charge on any atom is -0.299 e. The van der Waals surface area contributed by atoms with E-state index < -0.39 is 0 Å². The molecule has 8 rings (SSSR count). The minimum atomic E-state index is 0.128. The maximum absolute atomic E-state index is 12.0. The highest BCUT2D eigenvalue weighted by Gasteiger charge is 2.40. The standard InChI is InChI=1S/C22H28.C13H18O.C9H10O/c1-15-7-5-9-17(13-15)16(2)22-19-10-6-12-21(22)20-11-4-3-8-18(20)14-19;14-13-10-5-3-7-12(13)11-6-2-1-4-9(11)8-10;1-7-4-3-5-9(6-7)8(2)10/h5,7,9,13,19,21H,3-4,6,8,10-12,14H2,1-2H3;10,12H,1-8H2;3-6H,1-2H3/b22-16-;;. The van der Waals surface area contributed by atoms with E-state index in [2.05, 4.69) is 38.1 Å². The van der Waals surface area contributed by atoms with Crippen LogP contribution in [0.15, 0.2) is 76.4 Å². The SMILES string of the molecule is C/C(=C1\C2CCCC1C1=C(CCCC1)C2)c1cccc(C)c1.CC(=O)c1cccc(C)c1.O=C1C2CCCC1C1=C(CCCC1)C2. The summed E-state index contributed by atoms with van der Waals surface area (Å²) in [6.07, 6.45) is 21.3. The van der Waals surface area contributed by atoms with E-state index in [1.54, 1.807) is 23.6 Å². The Balaban J connectivity index is 0.000000133. The van der Waals surface area contributed by atoms with Crippen LogP contribution in [0, 0.1) is 37.5 Å². The molecule has 4 bridgehead atoms. The summed E-state index contributed by atoms with van der Waals surface area (Å²) in [5, 5.41) is 0. The molecule has 46 heavy (non-hydrogen) atoms. The van der Waals surface area contributed by atoms with E-state index in [9.17, 15) is 9.59 Å². The third kappa shape index (κ3) is 7.27. The highest BCUT2D eigenvalue weighted by Crippen LogP contribution is 2.53. The molecule has 2 heteroatoms. The first-order chi connectivity index (χ1) is 22.3. The van der Waals surface area contributed by atoms with E-state index in [1.807, 2.05) is 47.9 Å². The van der Waals surface area contributed by atoms with Gasteiger partial charge in [-0.05, 0) is 141 Å². The molecule has 4 atom stereocenters. The normalized spacial score (nSPS) is 27.7. The van der Waals surface area contributed by atoms with Gasteiger partial charge in [0.25, 0.3) is 0 Å². The Hall–Kier alpha value is -3.00. The summed E-state index contributed by atoms with van der Waals surface area (Å²) >= 11 is 0. The maximum Gasteiger partial charge on any atom is 0.159 e. The second-order valence-electron chi connectivity index (χ2n) is 15.2. The van der Waals surface area contributed by atoms with Gasteiger partial charge in [-0.25, -0.2) is 0 Å². The van der Waals surface area contributed by atoms with E-state index in [4.69, 9.17) is 0 Å². The molecule has 2 aromatic rings. The van der Waals surface area contributed by atoms with Gasteiger partial charge in [0.1, 0.15) is 5.78 Å². The summed E-state index contributed by atoms with van der Waals surface area (Å²) in [6.45, 7) is 8.16. The van der Waals surface area contributed by atoms with Crippen LogP contribution in [0.2, 0.25) is 0 Å². The van der Waals surface area contributed by atoms with Gasteiger partial charge in [0.05, 0.1) is 0 Å². The number of benzene rings is 2. The van der Waals surface area contributed by atoms with Gasteiger partial charge < -0.3 is 0 Å². The Labute approximate surface area is 278 Å². The predicted molar refractivity (Wildman–Crippen MR) is 192 cm³/mol. The molecule has 0 aliphatic heterocycles. The van der Waals surface area contributed by atoms with Crippen LogP contribution in [-0.4, -0.2) is 11.6 Å². The highest BCUT2D eigenvalue weighted by molar-refractivity contribution is 5.94. The molecule has 244 valence electrons. The molecule has 0 spiro atoms. The molecular weight excluding hydrogens is 560 g/mol. The zero-order valence-electron chi connectivity index (χ0n) is 29.1. The van der Waals surface area contributed by atoms with E-state index in [1.165, 1.54) is 101 Å². The summed E-state index contributed by atoms with van der Waals surface area (Å²) in [5.74, 6) is 3.16. The third-order valence-corrected chi connectivity index (χ3v) is 12.0. The van der Waals surface area contributed by atoms with Crippen LogP contribution in [0.5, 0.6) is 0 Å². The largest absolute Gasteiger partial charge is 0.299 e. The number of hydrogen-bond acceptors (Lipinski definition) is 2. The van der Waals surface area contributed by atoms with Gasteiger partial charge in [-0.3, -0.25) is 9.59 Å². The lowest BCUT2D eigenvalue weighted by atomic mass is 9.61. The molecule has 2 saturated carbocycles. The summed E-state index contributed by atoms with van der Waals surface area (Å²) < 4.78 is 0. The first-order valence-electron chi connectivity index (χ1n) is 18.6. The number of rotatable bonds is 2. The van der Waals surface area contributed by atoms with Crippen molar-refractivity contribution in [1.29, 1.82) is 0 Å². The Morgan fingerprint density at radius 2 is 1.13 bits per heavy atom. The number of aryl methyl sites for hydroxylation is 2. The monoisotopic (exact) mass is 616 g/mol. The van der Waals surface area contributed by atoms with Crippen LogP contribution in [0.4, 0.5) is 0 Å². The van der Waals surface area contributed by atoms with Gasteiger partial charge in [0.15, 0.2) is 5.78 Å². The number of carbonyl (C=O) groups is 2. The van der Waals surface area contributed by atoms with E-state index >= 15 is 0 Å². The molecule has 2 aromatic carbocycles. The molecule has 2 nitrogen and oxygen atoms in total. The highest BCUT2D eigenvalue weighted by atomic mass is 16.1. The zero-order valence-corrected chi connectivity index (χ0v) is 29.1. The second-order valence-corrected chi connectivity index (χ2v) is 15.2. The van der Waals surface area contributed by atoms with Crippen LogP contribution < -0.4 is 0 Å². The number of allylic oxidation sites excluding steroid dienone is 6. The number of fused-ring (bicyclic) bond motifs is 6. The average Bonchev–Trinajstić information content (AvgIpc) is 3.05. The Morgan fingerprint density at radius 3 is 1.74 bits per heavy atom. The van der Waals surface area contributed by atoms with Crippen molar-refractivity contribution in [3.8, 4) is 0 Å². The Bertz CT molecular complexity index is 1550. The smallest absolute Gasteiger partial charge is 0.159 e. The predicted octanol–water partition coefficient (Wildman–Crippen LogP) is 11.9. The first-order valence-corrected chi connectivity index (χ1v) is 18.6. The number of Topliss-reactive ketones (excluding diaryl/α,β-unsaturated/α-hetero) is 2. The zero-order chi connectivity index (χ0) is 32.2. The lowest BCUT2D eigenvalue weighted by Gasteiger charge is -2.43. The quantitative estimate of drug-likeness (QED) is 0.248. The van der Waals surface area contributed by atoms with Crippen molar-refractivity contribution in [2.45, 2.75) is 130 Å². The van der Waals surface area contributed by atoms with E-state index in [-0.39, 0.29) is 5.78 Å². The molecular formula is C44H56O2. The van der Waals surface area contributed by atoms with Crippen molar-refractivity contribution in [1.82, 2.24) is 0 Å². The fraction of sp³-hybridized carbons (Fsp3) is 0.545. The van der Waals surface area contributed by atoms with Crippen LogP contribution in [0.3, 0.4) is 0 Å². The van der Waals surface area contributed by atoms with Gasteiger partial charge in [-0.2, -0.15) is 0 Å². The third-order valence-electron chi connectivity index (χ3n) is 12.0. The molecule has 4 unspecified atom stereocenters. The fourth-order valence-corrected chi connectivity index (χ4v) is 9.79. The van der Waals surface area contributed by atoms with Crippen LogP contribution in [-0.2, 0) is 4.79 Å². The average molecular weight is 617 g/mol. The van der Waals surface area contributed by atoms with E-state index in [0.717, 1.165) is 35.8 Å². The van der Waals surface area contributed by atoms with Gasteiger partial charge in [-0.15, -0.1) is 0 Å². The number of carbonyl (C=O) groups excluding carboxylic acids is 2. The molecule has 0 aromatic heterocycles. The van der Waals surface area contributed by atoms with Gasteiger partial charge in [-0.1, -0.05) is 94.3 Å². The molecule has 6 aliphatic carbocycles. The van der Waals surface area contributed by atoms with Crippen LogP contribution in [0.25, 0.3) is 5.57 Å². The van der Waals surface area contributed by atoms with Crippen molar-refractivity contribution in [2.24, 2.45) is 23.7 Å². The molecule has 0 N–H and O–H groups in total. The molecule has 0 saturated heterocycles. The van der Waals surface area contributed by atoms with Crippen molar-refractivity contribution in [2.75, 3.05) is 0 Å². The summed E-state index contributed by atoms with van der Waals surface area (Å²) in [6, 6.07) is 16.7. The Morgan fingerprint density at radius 1 is 0.609 bits per heavy atom. The Kier molecular flexibility index (Phi) is 10.6. The summed E-state index contributed by atoms with van der Waals surface area (Å²) in [4.78, 5) is 22.8. The molecule has 2 fully saturated rings. The molecule has 0 heterocycles. The minimum absolute atomic E-state index is 0.128.